The van der Waals surface area contributed by atoms with Crippen molar-refractivity contribution in [3.05, 3.63) is 10.3 Å². The van der Waals surface area contributed by atoms with Crippen molar-refractivity contribution in [3.63, 3.8) is 0 Å². The van der Waals surface area contributed by atoms with Crippen molar-refractivity contribution in [2.45, 2.75) is 0 Å². The molecule has 0 bridgehead atoms. The monoisotopic (exact) mass is 242 g/mol. The topological polar surface area (TPSA) is 41.7 Å². The average molecular weight is 242 g/mol. The molecular weight excluding hydrogens is 237 g/mol. The molecule has 8 heavy (non-hydrogen) atoms. The summed E-state index contributed by atoms with van der Waals surface area (Å²) in [7, 11) is 1.75. The van der Waals surface area contributed by atoms with Crippen LogP contribution < -0.4 is 28.8 Å². The van der Waals surface area contributed by atoms with Crippen LogP contribution in [0.5, 0.6) is 0 Å². The molecule has 1 aromatic heterocycles. The number of aryl methyl sites for hydroxylation is 1. The second-order valence-corrected chi connectivity index (χ2v) is 2.00. The standard InChI is InChI=1S/C3H5N3S.HI/c1-6-3(4)7-2-5-6;/h2,4H,1H3;1H/p-1. The largest absolute Gasteiger partial charge is 1.00 e. The number of nitrogens with zero attached hydrogens (tertiary/aromatic N) is 2. The van der Waals surface area contributed by atoms with Crippen molar-refractivity contribution < 1.29 is 24.0 Å². The summed E-state index contributed by atoms with van der Waals surface area (Å²) in [5, 5.41) is 10.8. The van der Waals surface area contributed by atoms with E-state index < -0.39 is 0 Å². The van der Waals surface area contributed by atoms with Gasteiger partial charge in [-0.25, -0.2) is 4.68 Å². The first-order valence-corrected chi connectivity index (χ1v) is 2.70. The molecule has 0 aliphatic rings. The van der Waals surface area contributed by atoms with Crippen molar-refractivity contribution in [2.24, 2.45) is 7.05 Å². The van der Waals surface area contributed by atoms with E-state index in [0.29, 0.717) is 4.80 Å². The van der Waals surface area contributed by atoms with Crippen molar-refractivity contribution in [1.29, 1.82) is 5.41 Å². The lowest BCUT2D eigenvalue weighted by atomic mass is 11.2. The van der Waals surface area contributed by atoms with Crippen LogP contribution in [0.4, 0.5) is 0 Å². The third-order valence-corrected chi connectivity index (χ3v) is 1.37. The van der Waals surface area contributed by atoms with Crippen LogP contribution in [-0.2, 0) is 7.05 Å². The van der Waals surface area contributed by atoms with E-state index in [1.807, 2.05) is 0 Å². The maximum Gasteiger partial charge on any atom is 0.199 e. The molecule has 0 saturated carbocycles. The highest BCUT2D eigenvalue weighted by molar-refractivity contribution is 7.06. The number of rotatable bonds is 0. The number of nitrogens with one attached hydrogen (secondary N) is 1. The molecule has 3 nitrogen and oxygen atoms in total. The van der Waals surface area contributed by atoms with E-state index >= 15 is 0 Å². The predicted molar refractivity (Wildman–Crippen MR) is 26.9 cm³/mol. The molecule has 1 heterocycles. The lowest BCUT2D eigenvalue weighted by molar-refractivity contribution is -0.00000177. The number of aromatic nitrogens is 2. The van der Waals surface area contributed by atoms with Gasteiger partial charge in [0.1, 0.15) is 5.51 Å². The van der Waals surface area contributed by atoms with E-state index in [1.165, 1.54) is 16.0 Å². The molecule has 1 N–H and O–H groups in total. The summed E-state index contributed by atoms with van der Waals surface area (Å²) in [6, 6.07) is 0. The Labute approximate surface area is 67.9 Å². The fraction of sp³-hybridized carbons (Fsp3) is 0.333. The fourth-order valence-electron chi connectivity index (χ4n) is 0.273. The van der Waals surface area contributed by atoms with Gasteiger partial charge in [0.15, 0.2) is 4.80 Å². The van der Waals surface area contributed by atoms with Gasteiger partial charge < -0.3 is 24.0 Å². The summed E-state index contributed by atoms with van der Waals surface area (Å²) >= 11 is 1.32. The summed E-state index contributed by atoms with van der Waals surface area (Å²) in [4.78, 5) is 0.486. The molecule has 0 aliphatic heterocycles. The van der Waals surface area contributed by atoms with Gasteiger partial charge in [0, 0.05) is 7.05 Å². The molecule has 0 aliphatic carbocycles. The zero-order chi connectivity index (χ0) is 5.28. The lowest BCUT2D eigenvalue weighted by Gasteiger charge is -1.77. The zero-order valence-electron chi connectivity index (χ0n) is 4.26. The highest BCUT2D eigenvalue weighted by Gasteiger charge is 1.80. The second-order valence-electron chi connectivity index (χ2n) is 1.17. The highest BCUT2D eigenvalue weighted by atomic mass is 127. The van der Waals surface area contributed by atoms with Gasteiger partial charge in [0.2, 0.25) is 0 Å². The average Bonchev–Trinajstić information content (AvgIpc) is 1.91. The Kier molecular flexibility index (Phi) is 3.22. The smallest absolute Gasteiger partial charge is 0.199 e. The Hall–Kier alpha value is 0.0900. The van der Waals surface area contributed by atoms with E-state index in [0.717, 1.165) is 0 Å². The van der Waals surface area contributed by atoms with Crippen molar-refractivity contribution >= 4 is 11.3 Å². The molecule has 0 unspecified atom stereocenters. The molecule has 0 saturated heterocycles. The number of hydrogen-bond donors (Lipinski definition) is 1. The van der Waals surface area contributed by atoms with Gasteiger partial charge in [-0.05, 0) is 0 Å². The van der Waals surface area contributed by atoms with Crippen molar-refractivity contribution in [2.75, 3.05) is 0 Å². The van der Waals surface area contributed by atoms with Crippen LogP contribution in [0.2, 0.25) is 0 Å². The minimum Gasteiger partial charge on any atom is -1.00 e. The first kappa shape index (κ1) is 8.09. The van der Waals surface area contributed by atoms with Crippen LogP contribution in [0.1, 0.15) is 0 Å². The van der Waals surface area contributed by atoms with Gasteiger partial charge >= 0.3 is 0 Å². The Morgan fingerprint density at radius 1 is 1.88 bits per heavy atom. The van der Waals surface area contributed by atoms with E-state index in [4.69, 9.17) is 5.41 Å². The summed E-state index contributed by atoms with van der Waals surface area (Å²) < 4.78 is 1.52. The van der Waals surface area contributed by atoms with Gasteiger partial charge in [-0.3, -0.25) is 5.41 Å². The van der Waals surface area contributed by atoms with E-state index in [1.54, 1.807) is 12.6 Å². The Bertz CT molecular complexity index is 202. The van der Waals surface area contributed by atoms with Gasteiger partial charge in [0.25, 0.3) is 0 Å². The normalized spacial score (nSPS) is 8.12. The fourth-order valence-corrected chi connectivity index (χ4v) is 0.761. The van der Waals surface area contributed by atoms with Crippen LogP contribution >= 0.6 is 11.3 Å². The van der Waals surface area contributed by atoms with E-state index in [9.17, 15) is 0 Å². The maximum absolute atomic E-state index is 7.02. The molecule has 0 radical (unpaired) electrons. The first-order chi connectivity index (χ1) is 3.30. The van der Waals surface area contributed by atoms with Crippen molar-refractivity contribution in [1.82, 2.24) is 9.78 Å². The third-order valence-electron chi connectivity index (χ3n) is 0.679. The molecule has 0 amide bonds. The Morgan fingerprint density at radius 3 is 2.62 bits per heavy atom. The molecule has 0 spiro atoms. The summed E-state index contributed by atoms with van der Waals surface area (Å²) in [5.74, 6) is 0. The van der Waals surface area contributed by atoms with Crippen molar-refractivity contribution in [3.8, 4) is 0 Å². The van der Waals surface area contributed by atoms with Crippen LogP contribution in [0.25, 0.3) is 0 Å². The van der Waals surface area contributed by atoms with Crippen LogP contribution in [0.3, 0.4) is 0 Å². The highest BCUT2D eigenvalue weighted by Crippen LogP contribution is 1.75. The quantitative estimate of drug-likeness (QED) is 0.483. The molecule has 1 rings (SSSR count). The Balaban J connectivity index is 0.000000490. The first-order valence-electron chi connectivity index (χ1n) is 1.82. The van der Waals surface area contributed by atoms with Gasteiger partial charge in [-0.2, -0.15) is 5.10 Å². The molecule has 0 fully saturated rings. The maximum atomic E-state index is 7.02. The van der Waals surface area contributed by atoms with Gasteiger partial charge in [-0.1, -0.05) is 11.3 Å². The Morgan fingerprint density at radius 2 is 2.50 bits per heavy atom. The summed E-state index contributed by atoms with van der Waals surface area (Å²) in [6.07, 6.45) is 0. The SMILES string of the molecule is Cn1ncsc1=N.[I-]. The predicted octanol–water partition coefficient (Wildman–Crippen LogP) is -3.03. The van der Waals surface area contributed by atoms with Crippen LogP contribution in [0.15, 0.2) is 5.51 Å². The van der Waals surface area contributed by atoms with E-state index in [-0.39, 0.29) is 24.0 Å². The second kappa shape index (κ2) is 3.18. The summed E-state index contributed by atoms with van der Waals surface area (Å²) in [5.41, 5.74) is 1.64. The van der Waals surface area contributed by atoms with Crippen LogP contribution in [-0.4, -0.2) is 9.78 Å². The molecule has 0 aromatic carbocycles. The lowest BCUT2D eigenvalue weighted by Crippen LogP contribution is -3.00. The minimum absolute atomic E-state index is 0. The zero-order valence-corrected chi connectivity index (χ0v) is 7.23. The van der Waals surface area contributed by atoms with Crippen LogP contribution in [0, 0.1) is 5.41 Å². The number of halogens is 1. The molecule has 5 heteroatoms. The molecular formula is C3H5IN3S-. The van der Waals surface area contributed by atoms with Gasteiger partial charge in [-0.15, -0.1) is 0 Å². The molecule has 0 atom stereocenters. The molecule has 1 aromatic rings. The summed E-state index contributed by atoms with van der Waals surface area (Å²) in [6.45, 7) is 0. The third kappa shape index (κ3) is 1.55. The van der Waals surface area contributed by atoms with Gasteiger partial charge in [0.05, 0.1) is 0 Å². The minimum atomic E-state index is 0. The van der Waals surface area contributed by atoms with E-state index in [2.05, 4.69) is 5.10 Å². The molecule has 46 valence electrons. The number of hydrogen-bond acceptors (Lipinski definition) is 3.